The lowest BCUT2D eigenvalue weighted by Gasteiger charge is -2.23. The lowest BCUT2D eigenvalue weighted by atomic mass is 9.82. The van der Waals surface area contributed by atoms with Crippen molar-refractivity contribution >= 4 is 5.69 Å². The number of hydrogen-bond donors (Lipinski definition) is 2. The van der Waals surface area contributed by atoms with Crippen molar-refractivity contribution in [2.24, 2.45) is 0 Å². The minimum atomic E-state index is 0.169. The molecule has 0 aliphatic rings. The van der Waals surface area contributed by atoms with Crippen LogP contribution in [0.1, 0.15) is 32.8 Å². The van der Waals surface area contributed by atoms with Gasteiger partial charge >= 0.3 is 0 Å². The third kappa shape index (κ3) is 3.24. The zero-order valence-corrected chi connectivity index (χ0v) is 9.88. The zero-order chi connectivity index (χ0) is 11.3. The van der Waals surface area contributed by atoms with Crippen LogP contribution in [0.15, 0.2) is 24.3 Å². The molecule has 0 bridgehead atoms. The first-order chi connectivity index (χ1) is 7.10. The Labute approximate surface area is 92.3 Å². The zero-order valence-electron chi connectivity index (χ0n) is 9.88. The van der Waals surface area contributed by atoms with Gasteiger partial charge in [0, 0.05) is 12.2 Å². The largest absolute Gasteiger partial charge is 0.395 e. The first kappa shape index (κ1) is 12.1. The fourth-order valence-corrected chi connectivity index (χ4v) is 1.44. The van der Waals surface area contributed by atoms with E-state index in [0.29, 0.717) is 6.54 Å². The number of aliphatic hydroxyl groups is 1. The van der Waals surface area contributed by atoms with Crippen LogP contribution in [-0.2, 0) is 5.41 Å². The van der Waals surface area contributed by atoms with E-state index in [1.165, 1.54) is 5.56 Å². The Kier molecular flexibility index (Phi) is 4.15. The normalized spacial score (nSPS) is 11.5. The van der Waals surface area contributed by atoms with Crippen molar-refractivity contribution in [2.45, 2.75) is 32.6 Å². The highest BCUT2D eigenvalue weighted by Crippen LogP contribution is 2.27. The quantitative estimate of drug-likeness (QED) is 0.778. The summed E-state index contributed by atoms with van der Waals surface area (Å²) in [5.74, 6) is 0. The second-order valence-corrected chi connectivity index (χ2v) is 4.47. The van der Waals surface area contributed by atoms with Gasteiger partial charge in [0.2, 0.25) is 0 Å². The molecule has 0 amide bonds. The predicted molar refractivity (Wildman–Crippen MR) is 65.3 cm³/mol. The fraction of sp³-hybridized carbons (Fsp3) is 0.538. The van der Waals surface area contributed by atoms with Crippen LogP contribution < -0.4 is 5.32 Å². The molecule has 15 heavy (non-hydrogen) atoms. The van der Waals surface area contributed by atoms with Gasteiger partial charge in [0.15, 0.2) is 0 Å². The minimum Gasteiger partial charge on any atom is -0.395 e. The van der Waals surface area contributed by atoms with Crippen molar-refractivity contribution in [3.05, 3.63) is 29.8 Å². The van der Waals surface area contributed by atoms with E-state index < -0.39 is 0 Å². The number of aliphatic hydroxyl groups excluding tert-OH is 1. The van der Waals surface area contributed by atoms with Gasteiger partial charge in [-0.1, -0.05) is 32.9 Å². The molecule has 1 aromatic rings. The van der Waals surface area contributed by atoms with Gasteiger partial charge < -0.3 is 10.4 Å². The van der Waals surface area contributed by atoms with Crippen LogP contribution in [0, 0.1) is 0 Å². The smallest absolute Gasteiger partial charge is 0.0604 e. The van der Waals surface area contributed by atoms with Gasteiger partial charge in [-0.05, 0) is 29.5 Å². The van der Waals surface area contributed by atoms with Gasteiger partial charge in [-0.15, -0.1) is 0 Å². The van der Waals surface area contributed by atoms with Crippen molar-refractivity contribution in [2.75, 3.05) is 18.5 Å². The molecule has 2 heteroatoms. The summed E-state index contributed by atoms with van der Waals surface area (Å²) in [6.45, 7) is 7.49. The van der Waals surface area contributed by atoms with E-state index >= 15 is 0 Å². The first-order valence-corrected chi connectivity index (χ1v) is 5.55. The number of benzene rings is 1. The van der Waals surface area contributed by atoms with Gasteiger partial charge in [0.05, 0.1) is 6.61 Å². The topological polar surface area (TPSA) is 32.3 Å². The van der Waals surface area contributed by atoms with E-state index in [4.69, 9.17) is 5.11 Å². The van der Waals surface area contributed by atoms with Gasteiger partial charge in [0.25, 0.3) is 0 Å². The van der Waals surface area contributed by atoms with E-state index in [1.54, 1.807) is 0 Å². The first-order valence-electron chi connectivity index (χ1n) is 5.55. The summed E-state index contributed by atoms with van der Waals surface area (Å²) in [4.78, 5) is 0. The summed E-state index contributed by atoms with van der Waals surface area (Å²) in [6.07, 6.45) is 1.14. The molecule has 0 atom stereocenters. The van der Waals surface area contributed by atoms with Crippen molar-refractivity contribution in [3.8, 4) is 0 Å². The molecular weight excluding hydrogens is 186 g/mol. The number of hydrogen-bond acceptors (Lipinski definition) is 2. The molecule has 0 fully saturated rings. The number of rotatable bonds is 5. The van der Waals surface area contributed by atoms with E-state index in [0.717, 1.165) is 12.1 Å². The third-order valence-electron chi connectivity index (χ3n) is 2.99. The van der Waals surface area contributed by atoms with Gasteiger partial charge in [-0.2, -0.15) is 0 Å². The molecule has 0 saturated carbocycles. The molecule has 84 valence electrons. The average molecular weight is 207 g/mol. The third-order valence-corrected chi connectivity index (χ3v) is 2.99. The Morgan fingerprint density at radius 2 is 1.80 bits per heavy atom. The Morgan fingerprint density at radius 3 is 2.27 bits per heavy atom. The van der Waals surface area contributed by atoms with Gasteiger partial charge in [-0.25, -0.2) is 0 Å². The van der Waals surface area contributed by atoms with E-state index in [1.807, 2.05) is 0 Å². The fourth-order valence-electron chi connectivity index (χ4n) is 1.44. The molecule has 0 aliphatic heterocycles. The summed E-state index contributed by atoms with van der Waals surface area (Å²) in [7, 11) is 0. The van der Waals surface area contributed by atoms with Crippen LogP contribution in [0.2, 0.25) is 0 Å². The van der Waals surface area contributed by atoms with Crippen LogP contribution in [-0.4, -0.2) is 18.3 Å². The standard InChI is InChI=1S/C13H21NO/c1-4-13(2,3)11-5-7-12(8-6-11)14-9-10-15/h5-8,14-15H,4,9-10H2,1-3H3. The van der Waals surface area contributed by atoms with Crippen molar-refractivity contribution in [1.29, 1.82) is 0 Å². The highest BCUT2D eigenvalue weighted by molar-refractivity contribution is 5.45. The summed E-state index contributed by atoms with van der Waals surface area (Å²) >= 11 is 0. The molecule has 0 radical (unpaired) electrons. The number of anilines is 1. The monoisotopic (exact) mass is 207 g/mol. The van der Waals surface area contributed by atoms with Gasteiger partial charge in [0.1, 0.15) is 0 Å². The van der Waals surface area contributed by atoms with Crippen LogP contribution in [0.5, 0.6) is 0 Å². The molecule has 1 rings (SSSR count). The van der Waals surface area contributed by atoms with Gasteiger partial charge in [-0.3, -0.25) is 0 Å². The van der Waals surface area contributed by atoms with Crippen LogP contribution >= 0.6 is 0 Å². The molecule has 0 saturated heterocycles. The highest BCUT2D eigenvalue weighted by Gasteiger charge is 2.17. The van der Waals surface area contributed by atoms with Crippen molar-refractivity contribution < 1.29 is 5.11 Å². The average Bonchev–Trinajstić information content (AvgIpc) is 2.27. The highest BCUT2D eigenvalue weighted by atomic mass is 16.3. The molecule has 0 aromatic heterocycles. The molecule has 2 N–H and O–H groups in total. The maximum atomic E-state index is 8.69. The molecule has 0 heterocycles. The van der Waals surface area contributed by atoms with Crippen LogP contribution in [0.25, 0.3) is 0 Å². The minimum absolute atomic E-state index is 0.169. The lowest BCUT2D eigenvalue weighted by Crippen LogP contribution is -2.15. The maximum absolute atomic E-state index is 8.69. The second-order valence-electron chi connectivity index (χ2n) is 4.47. The van der Waals surface area contributed by atoms with E-state index in [9.17, 15) is 0 Å². The van der Waals surface area contributed by atoms with E-state index in [-0.39, 0.29) is 12.0 Å². The molecule has 0 unspecified atom stereocenters. The Morgan fingerprint density at radius 1 is 1.20 bits per heavy atom. The molecule has 1 aromatic carbocycles. The SMILES string of the molecule is CCC(C)(C)c1ccc(NCCO)cc1. The van der Waals surface area contributed by atoms with Crippen molar-refractivity contribution in [3.63, 3.8) is 0 Å². The lowest BCUT2D eigenvalue weighted by molar-refractivity contribution is 0.311. The molecule has 0 spiro atoms. The van der Waals surface area contributed by atoms with Crippen molar-refractivity contribution in [1.82, 2.24) is 0 Å². The summed E-state index contributed by atoms with van der Waals surface area (Å²) in [5.41, 5.74) is 2.68. The Balaban J connectivity index is 2.72. The Hall–Kier alpha value is -1.02. The Bertz CT molecular complexity index is 290. The van der Waals surface area contributed by atoms with Crippen LogP contribution in [0.4, 0.5) is 5.69 Å². The second kappa shape index (κ2) is 5.17. The number of nitrogens with one attached hydrogen (secondary N) is 1. The predicted octanol–water partition coefficient (Wildman–Crippen LogP) is 2.78. The molecule has 0 aliphatic carbocycles. The maximum Gasteiger partial charge on any atom is 0.0604 e. The molecule has 2 nitrogen and oxygen atoms in total. The molecular formula is C13H21NO. The van der Waals surface area contributed by atoms with Crippen LogP contribution in [0.3, 0.4) is 0 Å². The summed E-state index contributed by atoms with van der Waals surface area (Å²) in [5, 5.41) is 11.8. The summed E-state index contributed by atoms with van der Waals surface area (Å²) < 4.78 is 0. The summed E-state index contributed by atoms with van der Waals surface area (Å²) in [6, 6.07) is 8.46. The van der Waals surface area contributed by atoms with E-state index in [2.05, 4.69) is 50.4 Å².